The molecule has 1 aliphatic carbocycles. The van der Waals surface area contributed by atoms with E-state index in [4.69, 9.17) is 0 Å². The van der Waals surface area contributed by atoms with Crippen molar-refractivity contribution in [3.05, 3.63) is 0 Å². The van der Waals surface area contributed by atoms with Crippen LogP contribution in [0, 0.1) is 5.41 Å². The maximum atomic E-state index is 10.5. The van der Waals surface area contributed by atoms with Crippen molar-refractivity contribution in [1.29, 1.82) is 0 Å². The van der Waals surface area contributed by atoms with Crippen LogP contribution >= 0.6 is 0 Å². The van der Waals surface area contributed by atoms with E-state index in [-0.39, 0.29) is 0 Å². The molecular weight excluding hydrogens is 236 g/mol. The fourth-order valence-electron chi connectivity index (χ4n) is 3.77. The minimum Gasteiger partial charge on any atom is -0.388 e. The van der Waals surface area contributed by atoms with Gasteiger partial charge in [-0.05, 0) is 51.1 Å². The summed E-state index contributed by atoms with van der Waals surface area (Å²) >= 11 is 0. The van der Waals surface area contributed by atoms with E-state index in [0.29, 0.717) is 18.0 Å². The van der Waals surface area contributed by atoms with Gasteiger partial charge in [0.25, 0.3) is 0 Å². The molecule has 2 aliphatic rings. The highest BCUT2D eigenvalue weighted by Gasteiger charge is 2.38. The van der Waals surface area contributed by atoms with E-state index in [1.54, 1.807) is 0 Å². The highest BCUT2D eigenvalue weighted by molar-refractivity contribution is 4.91. The number of β-amino-alcohol motifs (C(OH)–C–C–N with tert-alkyl or cyclic N) is 1. The molecule has 1 saturated carbocycles. The van der Waals surface area contributed by atoms with Crippen molar-refractivity contribution in [2.75, 3.05) is 26.2 Å². The predicted octanol–water partition coefficient (Wildman–Crippen LogP) is 2.39. The number of nitrogens with zero attached hydrogens (tertiary/aromatic N) is 1. The molecule has 2 fully saturated rings. The molecule has 0 radical (unpaired) electrons. The normalized spacial score (nSPS) is 27.0. The lowest BCUT2D eigenvalue weighted by atomic mass is 9.77. The van der Waals surface area contributed by atoms with Gasteiger partial charge in [0.1, 0.15) is 0 Å². The van der Waals surface area contributed by atoms with E-state index >= 15 is 0 Å². The first-order chi connectivity index (χ1) is 8.91. The minimum absolute atomic E-state index is 0.439. The monoisotopic (exact) mass is 268 g/mol. The molecule has 3 heteroatoms. The lowest BCUT2D eigenvalue weighted by Gasteiger charge is -2.42. The Bertz CT molecular complexity index is 272. The van der Waals surface area contributed by atoms with Gasteiger partial charge in [-0.2, -0.15) is 0 Å². The Hall–Kier alpha value is -0.120. The molecule has 19 heavy (non-hydrogen) atoms. The standard InChI is InChI=1S/C16H32N2O/c1-14(2)17-12-15(3,19)13-18-10-8-16(9-11-18)6-4-5-7-16/h14,17,19H,4-13H2,1-3H3. The highest BCUT2D eigenvalue weighted by atomic mass is 16.3. The van der Waals surface area contributed by atoms with Crippen LogP contribution in [0.5, 0.6) is 0 Å². The third-order valence-corrected chi connectivity index (χ3v) is 5.04. The molecule has 112 valence electrons. The first kappa shape index (κ1) is 15.3. The molecule has 0 aromatic rings. The SMILES string of the molecule is CC(C)NCC(C)(O)CN1CCC2(CCCC2)CC1. The summed E-state index contributed by atoms with van der Waals surface area (Å²) in [4.78, 5) is 2.46. The van der Waals surface area contributed by atoms with E-state index < -0.39 is 5.60 Å². The molecule has 2 rings (SSSR count). The lowest BCUT2D eigenvalue weighted by Crippen LogP contribution is -2.51. The first-order valence-electron chi connectivity index (χ1n) is 8.09. The van der Waals surface area contributed by atoms with Gasteiger partial charge >= 0.3 is 0 Å². The van der Waals surface area contributed by atoms with E-state index in [9.17, 15) is 5.11 Å². The quantitative estimate of drug-likeness (QED) is 0.803. The van der Waals surface area contributed by atoms with Crippen molar-refractivity contribution in [2.24, 2.45) is 5.41 Å². The number of piperidine rings is 1. The molecule has 3 nitrogen and oxygen atoms in total. The number of hydrogen-bond acceptors (Lipinski definition) is 3. The maximum Gasteiger partial charge on any atom is 0.0869 e. The van der Waals surface area contributed by atoms with Gasteiger partial charge in [0.05, 0.1) is 5.60 Å². The fraction of sp³-hybridized carbons (Fsp3) is 1.00. The number of nitrogens with one attached hydrogen (secondary N) is 1. The molecule has 1 saturated heterocycles. The van der Waals surface area contributed by atoms with E-state index in [1.807, 2.05) is 6.92 Å². The van der Waals surface area contributed by atoms with Crippen molar-refractivity contribution >= 4 is 0 Å². The summed E-state index contributed by atoms with van der Waals surface area (Å²) in [5, 5.41) is 13.8. The summed E-state index contributed by atoms with van der Waals surface area (Å²) in [5.74, 6) is 0. The predicted molar refractivity (Wildman–Crippen MR) is 80.3 cm³/mol. The Kier molecular flexibility index (Phi) is 4.91. The molecule has 1 aliphatic heterocycles. The maximum absolute atomic E-state index is 10.5. The zero-order valence-electron chi connectivity index (χ0n) is 13.0. The Morgan fingerprint density at radius 3 is 2.26 bits per heavy atom. The summed E-state index contributed by atoms with van der Waals surface area (Å²) in [6.45, 7) is 10.1. The average molecular weight is 268 g/mol. The van der Waals surface area contributed by atoms with E-state index in [2.05, 4.69) is 24.1 Å². The lowest BCUT2D eigenvalue weighted by molar-refractivity contribution is -0.00197. The molecule has 1 heterocycles. The summed E-state index contributed by atoms with van der Waals surface area (Å²) in [6.07, 6.45) is 8.48. The Labute approximate surface area is 118 Å². The van der Waals surface area contributed by atoms with Crippen molar-refractivity contribution in [2.45, 2.75) is 70.9 Å². The van der Waals surface area contributed by atoms with Gasteiger partial charge in [0.2, 0.25) is 0 Å². The van der Waals surface area contributed by atoms with Crippen molar-refractivity contribution in [3.63, 3.8) is 0 Å². The first-order valence-corrected chi connectivity index (χ1v) is 8.09. The molecule has 1 atom stereocenters. The third-order valence-electron chi connectivity index (χ3n) is 5.04. The van der Waals surface area contributed by atoms with Crippen molar-refractivity contribution in [1.82, 2.24) is 10.2 Å². The molecule has 1 spiro atoms. The Morgan fingerprint density at radius 2 is 1.74 bits per heavy atom. The second-order valence-corrected chi connectivity index (χ2v) is 7.52. The van der Waals surface area contributed by atoms with Crippen LogP contribution < -0.4 is 5.32 Å². The van der Waals surface area contributed by atoms with Gasteiger partial charge < -0.3 is 15.3 Å². The third kappa shape index (κ3) is 4.44. The van der Waals surface area contributed by atoms with Gasteiger partial charge in [-0.25, -0.2) is 0 Å². The van der Waals surface area contributed by atoms with Crippen LogP contribution in [-0.4, -0.2) is 47.8 Å². The number of likely N-dealkylation sites (tertiary alicyclic amines) is 1. The molecule has 0 amide bonds. The fourth-order valence-corrected chi connectivity index (χ4v) is 3.77. The van der Waals surface area contributed by atoms with Crippen molar-refractivity contribution < 1.29 is 5.11 Å². The smallest absolute Gasteiger partial charge is 0.0869 e. The van der Waals surface area contributed by atoms with Gasteiger partial charge in [0.15, 0.2) is 0 Å². The summed E-state index contributed by atoms with van der Waals surface area (Å²) in [7, 11) is 0. The van der Waals surface area contributed by atoms with Crippen LogP contribution in [-0.2, 0) is 0 Å². The summed E-state index contributed by atoms with van der Waals surface area (Å²) < 4.78 is 0. The Morgan fingerprint density at radius 1 is 1.16 bits per heavy atom. The zero-order chi connectivity index (χ0) is 13.9. The van der Waals surface area contributed by atoms with Gasteiger partial charge in [-0.3, -0.25) is 0 Å². The second-order valence-electron chi connectivity index (χ2n) is 7.52. The molecule has 1 unspecified atom stereocenters. The largest absolute Gasteiger partial charge is 0.388 e. The highest BCUT2D eigenvalue weighted by Crippen LogP contribution is 2.46. The van der Waals surface area contributed by atoms with Crippen LogP contribution in [0.4, 0.5) is 0 Å². The zero-order valence-corrected chi connectivity index (χ0v) is 13.0. The Balaban J connectivity index is 1.75. The van der Waals surface area contributed by atoms with Gasteiger partial charge in [-0.1, -0.05) is 26.7 Å². The number of aliphatic hydroxyl groups is 1. The molecule has 0 aromatic heterocycles. The topological polar surface area (TPSA) is 35.5 Å². The summed E-state index contributed by atoms with van der Waals surface area (Å²) in [5.41, 5.74) is 0.0724. The van der Waals surface area contributed by atoms with Crippen molar-refractivity contribution in [3.8, 4) is 0 Å². The second kappa shape index (κ2) is 6.11. The van der Waals surface area contributed by atoms with Crippen LogP contribution in [0.1, 0.15) is 59.3 Å². The van der Waals surface area contributed by atoms with Crippen LogP contribution in [0.15, 0.2) is 0 Å². The number of hydrogen-bond donors (Lipinski definition) is 2. The van der Waals surface area contributed by atoms with Crippen LogP contribution in [0.3, 0.4) is 0 Å². The minimum atomic E-state index is -0.607. The van der Waals surface area contributed by atoms with Crippen LogP contribution in [0.25, 0.3) is 0 Å². The summed E-state index contributed by atoms with van der Waals surface area (Å²) in [6, 6.07) is 0.439. The number of rotatable bonds is 5. The van der Waals surface area contributed by atoms with Crippen LogP contribution in [0.2, 0.25) is 0 Å². The molecular formula is C16H32N2O. The molecule has 0 bridgehead atoms. The molecule has 2 N–H and O–H groups in total. The van der Waals surface area contributed by atoms with E-state index in [1.165, 1.54) is 51.6 Å². The van der Waals surface area contributed by atoms with E-state index in [0.717, 1.165) is 6.54 Å². The average Bonchev–Trinajstić information content (AvgIpc) is 2.79. The van der Waals surface area contributed by atoms with Gasteiger partial charge in [0, 0.05) is 19.1 Å². The van der Waals surface area contributed by atoms with Gasteiger partial charge in [-0.15, -0.1) is 0 Å². The molecule has 0 aromatic carbocycles.